The highest BCUT2D eigenvalue weighted by Crippen LogP contribution is 2.26. The Balaban J connectivity index is 2.60. The van der Waals surface area contributed by atoms with Gasteiger partial charge in [-0.05, 0) is 25.2 Å². The monoisotopic (exact) mass is 250 g/mol. The number of aliphatic hydroxyl groups excluding tert-OH is 1. The van der Waals surface area contributed by atoms with Gasteiger partial charge in [-0.15, -0.1) is 0 Å². The van der Waals surface area contributed by atoms with Crippen molar-refractivity contribution in [3.05, 3.63) is 0 Å². The summed E-state index contributed by atoms with van der Waals surface area (Å²) in [5.41, 5.74) is 0. The lowest BCUT2D eigenvalue weighted by atomic mass is 9.96. The third kappa shape index (κ3) is 3.43. The van der Waals surface area contributed by atoms with E-state index in [0.717, 1.165) is 12.8 Å². The molecule has 3 atom stereocenters. The van der Waals surface area contributed by atoms with Crippen molar-refractivity contribution in [2.45, 2.75) is 44.0 Å². The standard InChI is InChI=1S/C11H22O4S/c1-9(6-7-15-2)11(12)10-5-3-4-8-16(10,13)14/h9-12H,3-8H2,1-2H3. The smallest absolute Gasteiger partial charge is 0.155 e. The Hall–Kier alpha value is -0.130. The molecule has 3 unspecified atom stereocenters. The highest BCUT2D eigenvalue weighted by Gasteiger charge is 2.36. The van der Waals surface area contributed by atoms with Crippen LogP contribution in [0.1, 0.15) is 32.6 Å². The maximum absolute atomic E-state index is 11.8. The zero-order chi connectivity index (χ0) is 12.2. The largest absolute Gasteiger partial charge is 0.391 e. The fourth-order valence-corrected chi connectivity index (χ4v) is 4.33. The molecule has 1 aliphatic rings. The first-order chi connectivity index (χ1) is 7.49. The maximum Gasteiger partial charge on any atom is 0.155 e. The second kappa shape index (κ2) is 5.98. The molecule has 1 saturated heterocycles. The number of hydrogen-bond donors (Lipinski definition) is 1. The first-order valence-electron chi connectivity index (χ1n) is 5.87. The molecule has 0 bridgehead atoms. The van der Waals surface area contributed by atoms with Gasteiger partial charge >= 0.3 is 0 Å². The Morgan fingerprint density at radius 1 is 1.44 bits per heavy atom. The summed E-state index contributed by atoms with van der Waals surface area (Å²) in [6, 6.07) is 0. The highest BCUT2D eigenvalue weighted by atomic mass is 32.2. The molecule has 0 aromatic carbocycles. The van der Waals surface area contributed by atoms with Crippen molar-refractivity contribution in [1.29, 1.82) is 0 Å². The number of methoxy groups -OCH3 is 1. The molecule has 1 N–H and O–H groups in total. The van der Waals surface area contributed by atoms with E-state index in [1.807, 2.05) is 6.92 Å². The Labute approximate surface area is 97.9 Å². The molecule has 16 heavy (non-hydrogen) atoms. The molecule has 0 aromatic rings. The van der Waals surface area contributed by atoms with E-state index in [2.05, 4.69) is 0 Å². The lowest BCUT2D eigenvalue weighted by Crippen LogP contribution is -2.42. The number of hydrogen-bond acceptors (Lipinski definition) is 4. The molecule has 0 amide bonds. The topological polar surface area (TPSA) is 63.6 Å². The van der Waals surface area contributed by atoms with Gasteiger partial charge in [-0.2, -0.15) is 0 Å². The molecule has 0 aliphatic carbocycles. The third-order valence-electron chi connectivity index (χ3n) is 3.37. The number of ether oxygens (including phenoxy) is 1. The molecule has 0 radical (unpaired) electrons. The molecule has 1 heterocycles. The van der Waals surface area contributed by atoms with Crippen molar-refractivity contribution in [3.63, 3.8) is 0 Å². The number of rotatable bonds is 5. The minimum atomic E-state index is -3.08. The van der Waals surface area contributed by atoms with Crippen LogP contribution in [0.2, 0.25) is 0 Å². The van der Waals surface area contributed by atoms with Crippen LogP contribution < -0.4 is 0 Å². The van der Waals surface area contributed by atoms with Gasteiger partial charge in [-0.25, -0.2) is 8.42 Å². The van der Waals surface area contributed by atoms with Gasteiger partial charge in [-0.3, -0.25) is 0 Å². The van der Waals surface area contributed by atoms with Crippen molar-refractivity contribution in [1.82, 2.24) is 0 Å². The van der Waals surface area contributed by atoms with Gasteiger partial charge in [0.25, 0.3) is 0 Å². The second-order valence-corrected chi connectivity index (χ2v) is 6.99. The Kier molecular flexibility index (Phi) is 5.21. The highest BCUT2D eigenvalue weighted by molar-refractivity contribution is 7.92. The van der Waals surface area contributed by atoms with Gasteiger partial charge in [0.2, 0.25) is 0 Å². The van der Waals surface area contributed by atoms with Gasteiger partial charge in [0, 0.05) is 13.7 Å². The van der Waals surface area contributed by atoms with E-state index in [1.54, 1.807) is 7.11 Å². The molecular formula is C11H22O4S. The fraction of sp³-hybridized carbons (Fsp3) is 1.00. The normalized spacial score (nSPS) is 28.6. The molecule has 96 valence electrons. The van der Waals surface area contributed by atoms with Gasteiger partial charge in [0.1, 0.15) is 0 Å². The van der Waals surface area contributed by atoms with Crippen LogP contribution in [-0.4, -0.2) is 44.3 Å². The first kappa shape index (κ1) is 13.9. The summed E-state index contributed by atoms with van der Waals surface area (Å²) in [4.78, 5) is 0. The summed E-state index contributed by atoms with van der Waals surface area (Å²) >= 11 is 0. The molecular weight excluding hydrogens is 228 g/mol. The summed E-state index contributed by atoms with van der Waals surface area (Å²) in [7, 11) is -1.48. The van der Waals surface area contributed by atoms with Crippen molar-refractivity contribution >= 4 is 9.84 Å². The van der Waals surface area contributed by atoms with E-state index < -0.39 is 21.2 Å². The molecule has 0 aromatic heterocycles. The SMILES string of the molecule is COCCC(C)C(O)C1CCCCS1(=O)=O. The van der Waals surface area contributed by atoms with Crippen LogP contribution >= 0.6 is 0 Å². The van der Waals surface area contributed by atoms with Crippen LogP contribution in [0.5, 0.6) is 0 Å². The predicted molar refractivity (Wildman–Crippen MR) is 63.1 cm³/mol. The molecule has 5 heteroatoms. The third-order valence-corrected chi connectivity index (χ3v) is 5.66. The van der Waals surface area contributed by atoms with Crippen molar-refractivity contribution < 1.29 is 18.3 Å². The average Bonchev–Trinajstić information content (AvgIpc) is 2.24. The average molecular weight is 250 g/mol. The molecule has 0 spiro atoms. The van der Waals surface area contributed by atoms with E-state index in [1.165, 1.54) is 0 Å². The van der Waals surface area contributed by atoms with Crippen LogP contribution in [0.25, 0.3) is 0 Å². The summed E-state index contributed by atoms with van der Waals surface area (Å²) in [6.07, 6.45) is 2.18. The van der Waals surface area contributed by atoms with Gasteiger partial charge < -0.3 is 9.84 Å². The Bertz CT molecular complexity index is 299. The maximum atomic E-state index is 11.8. The second-order valence-electron chi connectivity index (χ2n) is 4.65. The number of sulfone groups is 1. The zero-order valence-electron chi connectivity index (χ0n) is 10.1. The van der Waals surface area contributed by atoms with Crippen LogP contribution in [-0.2, 0) is 14.6 Å². The van der Waals surface area contributed by atoms with E-state index in [9.17, 15) is 13.5 Å². The summed E-state index contributed by atoms with van der Waals surface area (Å²) in [5.74, 6) is 0.198. The molecule has 1 rings (SSSR count). The molecule has 1 fully saturated rings. The van der Waals surface area contributed by atoms with Crippen LogP contribution in [0.4, 0.5) is 0 Å². The van der Waals surface area contributed by atoms with Gasteiger partial charge in [-0.1, -0.05) is 13.3 Å². The summed E-state index contributed by atoms with van der Waals surface area (Å²) in [5, 5.41) is 9.51. The summed E-state index contributed by atoms with van der Waals surface area (Å²) in [6.45, 7) is 2.44. The minimum Gasteiger partial charge on any atom is -0.391 e. The van der Waals surface area contributed by atoms with Gasteiger partial charge in [0.05, 0.1) is 17.1 Å². The summed E-state index contributed by atoms with van der Waals surface area (Å²) < 4.78 is 28.6. The van der Waals surface area contributed by atoms with Crippen molar-refractivity contribution in [2.75, 3.05) is 19.5 Å². The Morgan fingerprint density at radius 3 is 2.69 bits per heavy atom. The van der Waals surface area contributed by atoms with E-state index in [0.29, 0.717) is 19.4 Å². The minimum absolute atomic E-state index is 0.0298. The van der Waals surface area contributed by atoms with E-state index >= 15 is 0 Å². The fourth-order valence-electron chi connectivity index (χ4n) is 2.20. The molecule has 1 aliphatic heterocycles. The zero-order valence-corrected chi connectivity index (χ0v) is 10.9. The van der Waals surface area contributed by atoms with Crippen molar-refractivity contribution in [3.8, 4) is 0 Å². The van der Waals surface area contributed by atoms with Crippen LogP contribution in [0.15, 0.2) is 0 Å². The lowest BCUT2D eigenvalue weighted by molar-refractivity contribution is 0.0813. The van der Waals surface area contributed by atoms with E-state index in [-0.39, 0.29) is 11.7 Å². The van der Waals surface area contributed by atoms with Gasteiger partial charge in [0.15, 0.2) is 9.84 Å². The van der Waals surface area contributed by atoms with E-state index in [4.69, 9.17) is 4.74 Å². The Morgan fingerprint density at radius 2 is 2.12 bits per heavy atom. The number of aliphatic hydroxyl groups is 1. The first-order valence-corrected chi connectivity index (χ1v) is 7.59. The van der Waals surface area contributed by atoms with Crippen molar-refractivity contribution in [2.24, 2.45) is 5.92 Å². The lowest BCUT2D eigenvalue weighted by Gasteiger charge is -2.30. The van der Waals surface area contributed by atoms with Crippen LogP contribution in [0, 0.1) is 5.92 Å². The predicted octanol–water partition coefficient (Wildman–Crippen LogP) is 0.987. The molecule has 4 nitrogen and oxygen atoms in total. The molecule has 0 saturated carbocycles. The van der Waals surface area contributed by atoms with Crippen LogP contribution in [0.3, 0.4) is 0 Å². The quantitative estimate of drug-likeness (QED) is 0.790.